The quantitative estimate of drug-likeness (QED) is 0.652. The van der Waals surface area contributed by atoms with Gasteiger partial charge in [-0.05, 0) is 47.1 Å². The molecule has 1 aliphatic carbocycles. The molecule has 0 aliphatic heterocycles. The van der Waals surface area contributed by atoms with Gasteiger partial charge < -0.3 is 9.64 Å². The molecule has 0 aromatic rings. The average Bonchev–Trinajstić information content (AvgIpc) is 3.13. The first-order valence-electron chi connectivity index (χ1n) is 7.58. The molecule has 2 atom stereocenters. The molecule has 0 amide bonds. The van der Waals surface area contributed by atoms with Crippen molar-refractivity contribution in [2.45, 2.75) is 71.0 Å². The van der Waals surface area contributed by atoms with Gasteiger partial charge in [0.05, 0.1) is 6.61 Å². The Kier molecular flexibility index (Phi) is 6.27. The number of esters is 1. The van der Waals surface area contributed by atoms with Crippen molar-refractivity contribution in [3.63, 3.8) is 0 Å². The van der Waals surface area contributed by atoms with E-state index in [4.69, 9.17) is 4.74 Å². The van der Waals surface area contributed by atoms with Crippen molar-refractivity contribution in [1.82, 2.24) is 10.2 Å². The number of ether oxygens (including phenoxy) is 1. The maximum atomic E-state index is 12.2. The van der Waals surface area contributed by atoms with E-state index in [2.05, 4.69) is 31.1 Å². The van der Waals surface area contributed by atoms with Crippen LogP contribution in [-0.2, 0) is 9.53 Å². The van der Waals surface area contributed by atoms with Crippen molar-refractivity contribution in [3.05, 3.63) is 0 Å². The summed E-state index contributed by atoms with van der Waals surface area (Å²) in [5, 5.41) is 3.46. The molecular weight excluding hydrogens is 240 g/mol. The first kappa shape index (κ1) is 16.4. The van der Waals surface area contributed by atoms with E-state index in [1.54, 1.807) is 0 Å². The molecule has 4 nitrogen and oxygen atoms in total. The van der Waals surface area contributed by atoms with E-state index < -0.39 is 5.54 Å². The Bertz CT molecular complexity index is 292. The Morgan fingerprint density at radius 2 is 2.11 bits per heavy atom. The molecule has 19 heavy (non-hydrogen) atoms. The van der Waals surface area contributed by atoms with Gasteiger partial charge in [0.15, 0.2) is 0 Å². The van der Waals surface area contributed by atoms with Gasteiger partial charge in [0.25, 0.3) is 0 Å². The molecule has 1 fully saturated rings. The number of carbonyl (C=O) groups excluding carboxylic acids is 1. The molecule has 4 heteroatoms. The van der Waals surface area contributed by atoms with Crippen LogP contribution in [0.4, 0.5) is 0 Å². The van der Waals surface area contributed by atoms with Crippen LogP contribution < -0.4 is 5.32 Å². The maximum Gasteiger partial charge on any atom is 0.327 e. The van der Waals surface area contributed by atoms with Crippen molar-refractivity contribution in [1.29, 1.82) is 0 Å². The minimum atomic E-state index is -0.589. The second-order valence-electron chi connectivity index (χ2n) is 6.02. The molecule has 112 valence electrons. The predicted molar refractivity (Wildman–Crippen MR) is 78.2 cm³/mol. The summed E-state index contributed by atoms with van der Waals surface area (Å²) in [6.07, 6.45) is 4.66. The van der Waals surface area contributed by atoms with Crippen LogP contribution in [0.3, 0.4) is 0 Å². The molecule has 1 saturated carbocycles. The zero-order chi connectivity index (χ0) is 14.5. The van der Waals surface area contributed by atoms with Crippen molar-refractivity contribution in [3.8, 4) is 0 Å². The monoisotopic (exact) mass is 270 g/mol. The van der Waals surface area contributed by atoms with Crippen molar-refractivity contribution < 1.29 is 9.53 Å². The molecule has 1 rings (SSSR count). The van der Waals surface area contributed by atoms with Crippen LogP contribution >= 0.6 is 0 Å². The van der Waals surface area contributed by atoms with Crippen LogP contribution in [-0.4, -0.2) is 48.7 Å². The minimum Gasteiger partial charge on any atom is -0.465 e. The standard InChI is InChI=1S/C15H30N2O2/c1-6-8-12(3)17(5)11-15(4,14(18)19-7-2)16-13-9-10-13/h12-13,16H,6-11H2,1-5H3. The predicted octanol–water partition coefficient (Wildman–Crippen LogP) is 2.18. The fourth-order valence-corrected chi connectivity index (χ4v) is 2.43. The lowest BCUT2D eigenvalue weighted by atomic mass is 10.00. The number of hydrogen-bond donors (Lipinski definition) is 1. The Morgan fingerprint density at radius 3 is 2.58 bits per heavy atom. The second kappa shape index (κ2) is 7.25. The van der Waals surface area contributed by atoms with E-state index in [9.17, 15) is 4.79 Å². The van der Waals surface area contributed by atoms with Gasteiger partial charge in [0, 0.05) is 18.6 Å². The summed E-state index contributed by atoms with van der Waals surface area (Å²) in [4.78, 5) is 14.5. The molecule has 1 aliphatic rings. The maximum absolute atomic E-state index is 12.2. The number of carbonyl (C=O) groups is 1. The van der Waals surface area contributed by atoms with E-state index in [-0.39, 0.29) is 5.97 Å². The third kappa shape index (κ3) is 5.11. The smallest absolute Gasteiger partial charge is 0.327 e. The molecule has 0 spiro atoms. The lowest BCUT2D eigenvalue weighted by Gasteiger charge is -2.35. The van der Waals surface area contributed by atoms with E-state index in [0.29, 0.717) is 25.2 Å². The number of nitrogens with zero attached hydrogens (tertiary/aromatic N) is 1. The lowest BCUT2D eigenvalue weighted by molar-refractivity contribution is -0.151. The van der Waals surface area contributed by atoms with Crippen molar-refractivity contribution in [2.75, 3.05) is 20.2 Å². The summed E-state index contributed by atoms with van der Waals surface area (Å²) >= 11 is 0. The van der Waals surface area contributed by atoms with Gasteiger partial charge in [0.2, 0.25) is 0 Å². The zero-order valence-corrected chi connectivity index (χ0v) is 13.2. The molecule has 0 aromatic heterocycles. The Hall–Kier alpha value is -0.610. The van der Waals surface area contributed by atoms with Gasteiger partial charge in [0.1, 0.15) is 5.54 Å². The molecule has 2 unspecified atom stereocenters. The molecule has 1 N–H and O–H groups in total. The highest BCUT2D eigenvalue weighted by molar-refractivity contribution is 5.80. The topological polar surface area (TPSA) is 41.6 Å². The second-order valence-corrected chi connectivity index (χ2v) is 6.02. The van der Waals surface area contributed by atoms with E-state index in [1.165, 1.54) is 12.8 Å². The molecule has 0 aromatic carbocycles. The largest absolute Gasteiger partial charge is 0.465 e. The molecule has 0 heterocycles. The Balaban J connectivity index is 2.64. The van der Waals surface area contributed by atoms with Gasteiger partial charge in [-0.25, -0.2) is 0 Å². The van der Waals surface area contributed by atoms with Gasteiger partial charge in [-0.3, -0.25) is 10.1 Å². The number of likely N-dealkylation sites (N-methyl/N-ethyl adjacent to an activating group) is 1. The first-order valence-corrected chi connectivity index (χ1v) is 7.58. The highest BCUT2D eigenvalue weighted by atomic mass is 16.5. The van der Waals surface area contributed by atoms with Crippen LogP contribution in [0.2, 0.25) is 0 Å². The third-order valence-electron chi connectivity index (χ3n) is 3.85. The van der Waals surface area contributed by atoms with E-state index in [1.807, 2.05) is 13.8 Å². The van der Waals surface area contributed by atoms with Crippen LogP contribution in [0.1, 0.15) is 53.4 Å². The third-order valence-corrected chi connectivity index (χ3v) is 3.85. The minimum absolute atomic E-state index is 0.127. The summed E-state index contributed by atoms with van der Waals surface area (Å²) in [6.45, 7) is 9.37. The normalized spacial score (nSPS) is 20.1. The van der Waals surface area contributed by atoms with Crippen molar-refractivity contribution in [2.24, 2.45) is 0 Å². The number of rotatable bonds is 9. The summed E-state index contributed by atoms with van der Waals surface area (Å²) in [5.74, 6) is -0.127. The Morgan fingerprint density at radius 1 is 1.47 bits per heavy atom. The van der Waals surface area contributed by atoms with Gasteiger partial charge in [-0.1, -0.05) is 13.3 Å². The van der Waals surface area contributed by atoms with Gasteiger partial charge in [-0.15, -0.1) is 0 Å². The zero-order valence-electron chi connectivity index (χ0n) is 13.2. The summed E-state index contributed by atoms with van der Waals surface area (Å²) in [7, 11) is 2.09. The van der Waals surface area contributed by atoms with E-state index in [0.717, 1.165) is 12.8 Å². The fraction of sp³-hybridized carbons (Fsp3) is 0.933. The van der Waals surface area contributed by atoms with Gasteiger partial charge in [-0.2, -0.15) is 0 Å². The fourth-order valence-electron chi connectivity index (χ4n) is 2.43. The number of hydrogen-bond acceptors (Lipinski definition) is 4. The summed E-state index contributed by atoms with van der Waals surface area (Å²) < 4.78 is 5.25. The van der Waals surface area contributed by atoms with E-state index >= 15 is 0 Å². The van der Waals surface area contributed by atoms with Crippen LogP contribution in [0, 0.1) is 0 Å². The SMILES string of the molecule is CCCC(C)N(C)CC(C)(NC1CC1)C(=O)OCC. The lowest BCUT2D eigenvalue weighted by Crippen LogP contribution is -2.58. The van der Waals surface area contributed by atoms with Crippen molar-refractivity contribution >= 4 is 5.97 Å². The highest BCUT2D eigenvalue weighted by Gasteiger charge is 2.40. The Labute approximate surface area is 117 Å². The highest BCUT2D eigenvalue weighted by Crippen LogP contribution is 2.24. The molecule has 0 saturated heterocycles. The number of nitrogens with one attached hydrogen (secondary N) is 1. The first-order chi connectivity index (χ1) is 8.92. The summed E-state index contributed by atoms with van der Waals surface area (Å²) in [5.41, 5.74) is -0.589. The van der Waals surface area contributed by atoms with Crippen LogP contribution in [0.15, 0.2) is 0 Å². The molecule has 0 bridgehead atoms. The molecular formula is C15H30N2O2. The average molecular weight is 270 g/mol. The van der Waals surface area contributed by atoms with Crippen LogP contribution in [0.25, 0.3) is 0 Å². The van der Waals surface area contributed by atoms with Crippen LogP contribution in [0.5, 0.6) is 0 Å². The molecule has 0 radical (unpaired) electrons. The summed E-state index contributed by atoms with van der Waals surface area (Å²) in [6, 6.07) is 0.976. The van der Waals surface area contributed by atoms with Gasteiger partial charge >= 0.3 is 5.97 Å².